The molecule has 0 unspecified atom stereocenters. The molecule has 21 heavy (non-hydrogen) atoms. The van der Waals surface area contributed by atoms with Crippen LogP contribution in [0.1, 0.15) is 19.4 Å². The normalized spacial score (nSPS) is 34.0. The second kappa shape index (κ2) is 6.01. The molecule has 0 aliphatic carbocycles. The van der Waals surface area contributed by atoms with Gasteiger partial charge in [0.05, 0.1) is 26.0 Å². The molecule has 2 heterocycles. The van der Waals surface area contributed by atoms with E-state index in [0.29, 0.717) is 13.2 Å². The highest BCUT2D eigenvalue weighted by atomic mass is 19.1. The van der Waals surface area contributed by atoms with Gasteiger partial charge in [-0.05, 0) is 19.4 Å². The first-order valence-corrected chi connectivity index (χ1v) is 7.28. The Labute approximate surface area is 124 Å². The van der Waals surface area contributed by atoms with Crippen LogP contribution in [0.25, 0.3) is 0 Å². The number of rotatable bonds is 5. The van der Waals surface area contributed by atoms with Gasteiger partial charge in [-0.25, -0.2) is 0 Å². The lowest BCUT2D eigenvalue weighted by molar-refractivity contribution is -0.216. The predicted octanol–water partition coefficient (Wildman–Crippen LogP) is 2.67. The standard InChI is InChI=1S/C16H21FO4/c1-16(2)20-14-12(8-17)13(19-15(14)21-16)10-18-9-11-6-4-3-5-7-11/h3-7,12-15H,8-10H2,1-2H3/t12-,13-,14-,15-/m1/s1. The van der Waals surface area contributed by atoms with E-state index in [1.807, 2.05) is 44.2 Å². The van der Waals surface area contributed by atoms with Gasteiger partial charge in [0.15, 0.2) is 12.1 Å². The van der Waals surface area contributed by atoms with Gasteiger partial charge < -0.3 is 18.9 Å². The molecule has 1 aromatic carbocycles. The maximum absolute atomic E-state index is 13.3. The van der Waals surface area contributed by atoms with Crippen LogP contribution in [0.15, 0.2) is 30.3 Å². The van der Waals surface area contributed by atoms with Crippen LogP contribution in [0, 0.1) is 5.92 Å². The van der Waals surface area contributed by atoms with Crippen molar-refractivity contribution in [2.24, 2.45) is 5.92 Å². The molecular weight excluding hydrogens is 275 g/mol. The minimum Gasteiger partial charge on any atom is -0.374 e. The first-order chi connectivity index (χ1) is 10.1. The Morgan fingerprint density at radius 1 is 1.19 bits per heavy atom. The molecule has 4 nitrogen and oxygen atoms in total. The number of alkyl halides is 1. The summed E-state index contributed by atoms with van der Waals surface area (Å²) >= 11 is 0. The molecule has 2 aliphatic heterocycles. The first-order valence-electron chi connectivity index (χ1n) is 7.28. The van der Waals surface area contributed by atoms with E-state index in [9.17, 15) is 4.39 Å². The fraction of sp³-hybridized carbons (Fsp3) is 0.625. The van der Waals surface area contributed by atoms with E-state index in [1.54, 1.807) is 0 Å². The van der Waals surface area contributed by atoms with Crippen molar-refractivity contribution in [3.05, 3.63) is 35.9 Å². The molecule has 0 saturated carbocycles. The fourth-order valence-electron chi connectivity index (χ4n) is 2.85. The third-order valence-electron chi connectivity index (χ3n) is 3.87. The van der Waals surface area contributed by atoms with E-state index in [0.717, 1.165) is 5.56 Å². The highest BCUT2D eigenvalue weighted by Crippen LogP contribution is 2.40. The summed E-state index contributed by atoms with van der Waals surface area (Å²) in [6.45, 7) is 3.95. The molecule has 3 rings (SSSR count). The Balaban J connectivity index is 1.53. The summed E-state index contributed by atoms with van der Waals surface area (Å²) in [5, 5.41) is 0. The largest absolute Gasteiger partial charge is 0.374 e. The number of hydrogen-bond donors (Lipinski definition) is 0. The van der Waals surface area contributed by atoms with Crippen molar-refractivity contribution < 1.29 is 23.3 Å². The molecule has 0 N–H and O–H groups in total. The van der Waals surface area contributed by atoms with Crippen molar-refractivity contribution >= 4 is 0 Å². The highest BCUT2D eigenvalue weighted by Gasteiger charge is 2.54. The zero-order valence-electron chi connectivity index (χ0n) is 12.3. The van der Waals surface area contributed by atoms with Gasteiger partial charge >= 0.3 is 0 Å². The van der Waals surface area contributed by atoms with Gasteiger partial charge in [0, 0.05) is 5.92 Å². The van der Waals surface area contributed by atoms with Crippen LogP contribution < -0.4 is 0 Å². The fourth-order valence-corrected chi connectivity index (χ4v) is 2.85. The molecule has 0 radical (unpaired) electrons. The number of ether oxygens (including phenoxy) is 4. The third kappa shape index (κ3) is 3.26. The van der Waals surface area contributed by atoms with E-state index in [4.69, 9.17) is 18.9 Å². The first kappa shape index (κ1) is 14.9. The quantitative estimate of drug-likeness (QED) is 0.837. The van der Waals surface area contributed by atoms with Gasteiger partial charge in [-0.15, -0.1) is 0 Å². The van der Waals surface area contributed by atoms with E-state index >= 15 is 0 Å². The summed E-state index contributed by atoms with van der Waals surface area (Å²) in [4.78, 5) is 0. The van der Waals surface area contributed by atoms with Crippen molar-refractivity contribution in [2.45, 2.75) is 44.7 Å². The minimum absolute atomic E-state index is 0.329. The average molecular weight is 296 g/mol. The molecule has 4 atom stereocenters. The molecule has 2 saturated heterocycles. The van der Waals surface area contributed by atoms with E-state index < -0.39 is 18.8 Å². The van der Waals surface area contributed by atoms with Crippen molar-refractivity contribution in [3.8, 4) is 0 Å². The zero-order valence-corrected chi connectivity index (χ0v) is 12.3. The zero-order chi connectivity index (χ0) is 14.9. The number of benzene rings is 1. The molecule has 0 spiro atoms. The van der Waals surface area contributed by atoms with E-state index in [-0.39, 0.29) is 18.1 Å². The Bertz CT molecular complexity index is 465. The summed E-state index contributed by atoms with van der Waals surface area (Å²) in [7, 11) is 0. The Hall–Kier alpha value is -1.01. The average Bonchev–Trinajstić information content (AvgIpc) is 2.91. The summed E-state index contributed by atoms with van der Waals surface area (Å²) in [5.74, 6) is -1.05. The van der Waals surface area contributed by atoms with Gasteiger partial charge in [-0.1, -0.05) is 30.3 Å². The summed E-state index contributed by atoms with van der Waals surface area (Å²) < 4.78 is 36.1. The van der Waals surface area contributed by atoms with Crippen LogP contribution in [0.5, 0.6) is 0 Å². The summed E-state index contributed by atoms with van der Waals surface area (Å²) in [6, 6.07) is 9.87. The minimum atomic E-state index is -0.710. The molecule has 0 amide bonds. The lowest BCUT2D eigenvalue weighted by atomic mass is 10.0. The van der Waals surface area contributed by atoms with E-state index in [2.05, 4.69) is 0 Å². The topological polar surface area (TPSA) is 36.9 Å². The van der Waals surface area contributed by atoms with Gasteiger partial charge in [0.25, 0.3) is 0 Å². The monoisotopic (exact) mass is 296 g/mol. The van der Waals surface area contributed by atoms with Gasteiger partial charge in [0.2, 0.25) is 0 Å². The molecular formula is C16H21FO4. The summed E-state index contributed by atoms with van der Waals surface area (Å²) in [5.41, 5.74) is 1.08. The van der Waals surface area contributed by atoms with Gasteiger partial charge in [0.1, 0.15) is 6.10 Å². The molecule has 0 aromatic heterocycles. The third-order valence-corrected chi connectivity index (χ3v) is 3.87. The molecule has 116 valence electrons. The van der Waals surface area contributed by atoms with Crippen LogP contribution >= 0.6 is 0 Å². The number of hydrogen-bond acceptors (Lipinski definition) is 4. The lowest BCUT2D eigenvalue weighted by Crippen LogP contribution is -2.33. The molecule has 5 heteroatoms. The molecule has 2 fully saturated rings. The van der Waals surface area contributed by atoms with E-state index in [1.165, 1.54) is 0 Å². The van der Waals surface area contributed by atoms with Crippen LogP contribution in [0.3, 0.4) is 0 Å². The molecule has 2 aliphatic rings. The maximum atomic E-state index is 13.3. The number of fused-ring (bicyclic) bond motifs is 1. The highest BCUT2D eigenvalue weighted by molar-refractivity contribution is 5.13. The molecule has 0 bridgehead atoms. The molecule has 1 aromatic rings. The van der Waals surface area contributed by atoms with Crippen molar-refractivity contribution in [3.63, 3.8) is 0 Å². The van der Waals surface area contributed by atoms with Crippen LogP contribution in [0.4, 0.5) is 4.39 Å². The van der Waals surface area contributed by atoms with Crippen LogP contribution in [-0.2, 0) is 25.6 Å². The van der Waals surface area contributed by atoms with Crippen LogP contribution in [-0.4, -0.2) is 37.6 Å². The van der Waals surface area contributed by atoms with Gasteiger partial charge in [-0.3, -0.25) is 4.39 Å². The smallest absolute Gasteiger partial charge is 0.188 e. The van der Waals surface area contributed by atoms with Crippen LogP contribution in [0.2, 0.25) is 0 Å². The Kier molecular flexibility index (Phi) is 4.26. The summed E-state index contributed by atoms with van der Waals surface area (Å²) in [6.07, 6.45) is -1.17. The van der Waals surface area contributed by atoms with Crippen molar-refractivity contribution in [2.75, 3.05) is 13.3 Å². The predicted molar refractivity (Wildman–Crippen MR) is 74.3 cm³/mol. The number of halogens is 1. The Morgan fingerprint density at radius 3 is 2.67 bits per heavy atom. The Morgan fingerprint density at radius 2 is 1.95 bits per heavy atom. The lowest BCUT2D eigenvalue weighted by Gasteiger charge is -2.24. The van der Waals surface area contributed by atoms with Crippen molar-refractivity contribution in [1.82, 2.24) is 0 Å². The second-order valence-corrected chi connectivity index (χ2v) is 5.96. The second-order valence-electron chi connectivity index (χ2n) is 5.96. The maximum Gasteiger partial charge on any atom is 0.188 e. The van der Waals surface area contributed by atoms with Gasteiger partial charge in [-0.2, -0.15) is 0 Å². The van der Waals surface area contributed by atoms with Crippen molar-refractivity contribution in [1.29, 1.82) is 0 Å². The SMILES string of the molecule is CC1(C)O[C@H]2O[C@H](COCc3ccccc3)[C@@H](CF)[C@H]2O1.